The van der Waals surface area contributed by atoms with Crippen LogP contribution in [-0.4, -0.2) is 52.8 Å². The number of carbonyl (C=O) groups is 2. The SMILES string of the molecule is CC.CC1CCN(C(=O)c2cccnc2)CC1.CC1CCN(C(=O)c2ccco2)CC1. The Hall–Kier alpha value is -2.63. The highest BCUT2D eigenvalue weighted by Gasteiger charge is 2.23. The highest BCUT2D eigenvalue weighted by atomic mass is 16.3. The lowest BCUT2D eigenvalue weighted by Gasteiger charge is -2.30. The Morgan fingerprint density at radius 1 is 0.871 bits per heavy atom. The minimum atomic E-state index is 0.0295. The number of furan rings is 1. The van der Waals surface area contributed by atoms with Gasteiger partial charge in [-0.3, -0.25) is 14.6 Å². The van der Waals surface area contributed by atoms with E-state index >= 15 is 0 Å². The smallest absolute Gasteiger partial charge is 0.289 e. The third-order valence-corrected chi connectivity index (χ3v) is 5.78. The van der Waals surface area contributed by atoms with Crippen LogP contribution in [0.5, 0.6) is 0 Å². The van der Waals surface area contributed by atoms with Crippen molar-refractivity contribution in [3.8, 4) is 0 Å². The second-order valence-corrected chi connectivity index (χ2v) is 8.17. The molecule has 0 spiro atoms. The Kier molecular flexibility index (Phi) is 10.3. The molecule has 2 aromatic rings. The van der Waals surface area contributed by atoms with Crippen LogP contribution in [0.2, 0.25) is 0 Å². The topological polar surface area (TPSA) is 66.7 Å². The third-order valence-electron chi connectivity index (χ3n) is 5.78. The fourth-order valence-corrected chi connectivity index (χ4v) is 3.65. The lowest BCUT2D eigenvalue weighted by molar-refractivity contribution is 0.0663. The number of hydrogen-bond acceptors (Lipinski definition) is 4. The van der Waals surface area contributed by atoms with Gasteiger partial charge in [0.2, 0.25) is 0 Å². The van der Waals surface area contributed by atoms with Crippen LogP contribution in [0.3, 0.4) is 0 Å². The van der Waals surface area contributed by atoms with Crippen LogP contribution in [0, 0.1) is 11.8 Å². The average molecular weight is 428 g/mol. The summed E-state index contributed by atoms with van der Waals surface area (Å²) in [5.74, 6) is 2.11. The van der Waals surface area contributed by atoms with Crippen molar-refractivity contribution in [1.82, 2.24) is 14.8 Å². The fraction of sp³-hybridized carbons (Fsp3) is 0.560. The first-order valence-electron chi connectivity index (χ1n) is 11.6. The van der Waals surface area contributed by atoms with Crippen molar-refractivity contribution < 1.29 is 14.0 Å². The first-order valence-corrected chi connectivity index (χ1v) is 11.6. The monoisotopic (exact) mass is 427 g/mol. The molecule has 2 aliphatic heterocycles. The van der Waals surface area contributed by atoms with Crippen molar-refractivity contribution in [1.29, 1.82) is 0 Å². The number of aromatic nitrogens is 1. The fourth-order valence-electron chi connectivity index (χ4n) is 3.65. The molecule has 0 aliphatic carbocycles. The molecular weight excluding hydrogens is 390 g/mol. The summed E-state index contributed by atoms with van der Waals surface area (Å²) in [6.07, 6.45) is 9.31. The van der Waals surface area contributed by atoms with E-state index < -0.39 is 0 Å². The number of hydrogen-bond donors (Lipinski definition) is 0. The van der Waals surface area contributed by atoms with E-state index in [4.69, 9.17) is 4.42 Å². The van der Waals surface area contributed by atoms with Gasteiger partial charge in [-0.15, -0.1) is 0 Å². The van der Waals surface area contributed by atoms with E-state index in [0.29, 0.717) is 11.3 Å². The molecule has 31 heavy (non-hydrogen) atoms. The summed E-state index contributed by atoms with van der Waals surface area (Å²) in [6.45, 7) is 12.0. The standard InChI is InChI=1S/C12H16N2O.C11H15NO2.C2H6/c1-10-4-7-14(8-5-10)12(15)11-3-2-6-13-9-11;1-9-4-6-12(7-5-9)11(13)10-3-2-8-14-10;1-2/h2-3,6,9-10H,4-5,7-8H2,1H3;2-3,8-9H,4-7H2,1H3;1-2H3. The number of amides is 2. The van der Waals surface area contributed by atoms with E-state index in [1.807, 2.05) is 29.7 Å². The quantitative estimate of drug-likeness (QED) is 0.666. The summed E-state index contributed by atoms with van der Waals surface area (Å²) < 4.78 is 5.08. The maximum absolute atomic E-state index is 12.0. The molecule has 2 fully saturated rings. The van der Waals surface area contributed by atoms with E-state index in [0.717, 1.165) is 63.7 Å². The first-order chi connectivity index (χ1) is 15.0. The van der Waals surface area contributed by atoms with Gasteiger partial charge in [-0.2, -0.15) is 0 Å². The third kappa shape index (κ3) is 7.53. The number of nitrogens with zero attached hydrogens (tertiary/aromatic N) is 3. The van der Waals surface area contributed by atoms with Gasteiger partial charge in [0.25, 0.3) is 11.8 Å². The van der Waals surface area contributed by atoms with Crippen LogP contribution < -0.4 is 0 Å². The Labute approximate surface area is 186 Å². The zero-order valence-corrected chi connectivity index (χ0v) is 19.4. The van der Waals surface area contributed by atoms with E-state index in [9.17, 15) is 9.59 Å². The Morgan fingerprint density at radius 2 is 1.42 bits per heavy atom. The van der Waals surface area contributed by atoms with Crippen molar-refractivity contribution in [3.05, 3.63) is 54.2 Å². The summed E-state index contributed by atoms with van der Waals surface area (Å²) in [7, 11) is 0. The molecule has 0 saturated carbocycles. The predicted octanol–water partition coefficient (Wildman–Crippen LogP) is 5.13. The normalized spacial score (nSPS) is 17.2. The van der Waals surface area contributed by atoms with Crippen molar-refractivity contribution in [3.63, 3.8) is 0 Å². The number of carbonyl (C=O) groups excluding carboxylic acids is 2. The molecular formula is C25H37N3O3. The molecule has 0 atom stereocenters. The molecule has 0 aromatic carbocycles. The van der Waals surface area contributed by atoms with Crippen molar-refractivity contribution in [2.45, 2.75) is 53.4 Å². The summed E-state index contributed by atoms with van der Waals surface area (Å²) >= 11 is 0. The summed E-state index contributed by atoms with van der Waals surface area (Å²) in [4.78, 5) is 31.6. The van der Waals surface area contributed by atoms with Gasteiger partial charge in [0.1, 0.15) is 0 Å². The van der Waals surface area contributed by atoms with Crippen LogP contribution in [-0.2, 0) is 0 Å². The zero-order chi connectivity index (χ0) is 22.6. The van der Waals surface area contributed by atoms with Crippen molar-refractivity contribution in [2.24, 2.45) is 11.8 Å². The average Bonchev–Trinajstić information content (AvgIpc) is 3.37. The van der Waals surface area contributed by atoms with Gasteiger partial charge in [0.05, 0.1) is 11.8 Å². The van der Waals surface area contributed by atoms with E-state index in [1.165, 1.54) is 0 Å². The summed E-state index contributed by atoms with van der Waals surface area (Å²) in [6, 6.07) is 7.10. The van der Waals surface area contributed by atoms with Crippen molar-refractivity contribution in [2.75, 3.05) is 26.2 Å². The molecule has 170 valence electrons. The Morgan fingerprint density at radius 3 is 1.87 bits per heavy atom. The van der Waals surface area contributed by atoms with E-state index in [1.54, 1.807) is 36.9 Å². The second-order valence-electron chi connectivity index (χ2n) is 8.17. The van der Waals surface area contributed by atoms with Crippen LogP contribution in [0.25, 0.3) is 0 Å². The highest BCUT2D eigenvalue weighted by Crippen LogP contribution is 2.19. The summed E-state index contributed by atoms with van der Waals surface area (Å²) in [5.41, 5.74) is 0.701. The van der Waals surface area contributed by atoms with Gasteiger partial charge in [-0.05, 0) is 61.8 Å². The van der Waals surface area contributed by atoms with Gasteiger partial charge in [0.15, 0.2) is 5.76 Å². The van der Waals surface area contributed by atoms with Gasteiger partial charge in [0, 0.05) is 38.6 Å². The molecule has 2 amide bonds. The molecule has 6 heteroatoms. The Bertz CT molecular complexity index is 761. The summed E-state index contributed by atoms with van der Waals surface area (Å²) in [5, 5.41) is 0. The largest absolute Gasteiger partial charge is 0.459 e. The number of rotatable bonds is 2. The lowest BCUT2D eigenvalue weighted by Crippen LogP contribution is -2.37. The molecule has 0 N–H and O–H groups in total. The van der Waals surface area contributed by atoms with E-state index in [2.05, 4.69) is 18.8 Å². The number of pyridine rings is 1. The molecule has 4 heterocycles. The van der Waals surface area contributed by atoms with Gasteiger partial charge >= 0.3 is 0 Å². The molecule has 2 saturated heterocycles. The van der Waals surface area contributed by atoms with Gasteiger partial charge < -0.3 is 14.2 Å². The highest BCUT2D eigenvalue weighted by molar-refractivity contribution is 5.94. The van der Waals surface area contributed by atoms with Crippen LogP contribution in [0.4, 0.5) is 0 Å². The first kappa shape index (κ1) is 24.6. The minimum Gasteiger partial charge on any atom is -0.459 e. The number of piperidine rings is 2. The van der Waals surface area contributed by atoms with Crippen LogP contribution in [0.1, 0.15) is 74.3 Å². The van der Waals surface area contributed by atoms with E-state index in [-0.39, 0.29) is 11.8 Å². The molecule has 2 aromatic heterocycles. The van der Waals surface area contributed by atoms with Crippen molar-refractivity contribution >= 4 is 11.8 Å². The van der Waals surface area contributed by atoms with Crippen LogP contribution in [0.15, 0.2) is 47.3 Å². The molecule has 6 nitrogen and oxygen atoms in total. The molecule has 0 radical (unpaired) electrons. The maximum Gasteiger partial charge on any atom is 0.289 e. The molecule has 0 unspecified atom stereocenters. The predicted molar refractivity (Wildman–Crippen MR) is 123 cm³/mol. The van der Waals surface area contributed by atoms with Crippen LogP contribution >= 0.6 is 0 Å². The van der Waals surface area contributed by atoms with Gasteiger partial charge in [-0.1, -0.05) is 27.7 Å². The molecule has 2 aliphatic rings. The lowest BCUT2D eigenvalue weighted by atomic mass is 9.99. The minimum absolute atomic E-state index is 0.0295. The molecule has 4 rings (SSSR count). The molecule has 0 bridgehead atoms. The maximum atomic E-state index is 12.0. The number of likely N-dealkylation sites (tertiary alicyclic amines) is 2. The Balaban J connectivity index is 0.000000204. The zero-order valence-electron chi connectivity index (χ0n) is 19.4. The van der Waals surface area contributed by atoms with Gasteiger partial charge in [-0.25, -0.2) is 0 Å². The second kappa shape index (κ2) is 12.9.